The molecule has 0 radical (unpaired) electrons. The van der Waals surface area contributed by atoms with Crippen LogP contribution in [0.15, 0.2) is 83.8 Å². The molecule has 3 aromatic carbocycles. The van der Waals surface area contributed by atoms with Crippen molar-refractivity contribution in [1.82, 2.24) is 0 Å². The maximum Gasteiger partial charge on any atom is 0.0353 e. The van der Waals surface area contributed by atoms with Crippen molar-refractivity contribution in [2.45, 2.75) is 29.4 Å². The van der Waals surface area contributed by atoms with Crippen molar-refractivity contribution in [2.24, 2.45) is 0 Å². The highest BCUT2D eigenvalue weighted by Gasteiger charge is 2.29. The minimum absolute atomic E-state index is 0.484. The van der Waals surface area contributed by atoms with E-state index in [-0.39, 0.29) is 0 Å². The van der Waals surface area contributed by atoms with Crippen LogP contribution in [0.5, 0.6) is 0 Å². The van der Waals surface area contributed by atoms with E-state index in [0.29, 0.717) is 11.2 Å². The molecule has 0 aliphatic carbocycles. The first kappa shape index (κ1) is 14.6. The Morgan fingerprint density at radius 2 is 1.43 bits per heavy atom. The third-order valence-electron chi connectivity index (χ3n) is 4.66. The first-order chi connectivity index (χ1) is 11.3. The number of rotatable bonds is 2. The number of thioether (sulfide) groups is 1. The van der Waals surface area contributed by atoms with Crippen LogP contribution in [0.4, 0.5) is 0 Å². The molecule has 3 aromatic rings. The maximum atomic E-state index is 2.30. The molecule has 1 aliphatic rings. The molecule has 114 valence electrons. The van der Waals surface area contributed by atoms with Crippen LogP contribution < -0.4 is 0 Å². The summed E-state index contributed by atoms with van der Waals surface area (Å²) >= 11 is 2.01. The fourth-order valence-corrected chi connectivity index (χ4v) is 4.80. The Hall–Kier alpha value is -1.99. The third kappa shape index (κ3) is 2.94. The van der Waals surface area contributed by atoms with Crippen LogP contribution in [0.3, 0.4) is 0 Å². The Balaban J connectivity index is 1.76. The van der Waals surface area contributed by atoms with Crippen molar-refractivity contribution in [2.75, 3.05) is 0 Å². The molecule has 0 saturated heterocycles. The molecule has 0 saturated carbocycles. The summed E-state index contributed by atoms with van der Waals surface area (Å²) in [7, 11) is 0. The molecule has 0 unspecified atom stereocenters. The molecule has 0 aromatic heterocycles. The summed E-state index contributed by atoms with van der Waals surface area (Å²) in [6.07, 6.45) is 1.16. The van der Waals surface area contributed by atoms with Gasteiger partial charge in [0.25, 0.3) is 0 Å². The second-order valence-electron chi connectivity index (χ2n) is 6.25. The zero-order valence-electron chi connectivity index (χ0n) is 13.3. The van der Waals surface area contributed by atoms with Gasteiger partial charge in [0.1, 0.15) is 0 Å². The summed E-state index contributed by atoms with van der Waals surface area (Å²) in [5.74, 6) is 0.484. The Kier molecular flexibility index (Phi) is 3.97. The monoisotopic (exact) mass is 316 g/mol. The van der Waals surface area contributed by atoms with Gasteiger partial charge in [-0.3, -0.25) is 0 Å². The number of hydrogen-bond acceptors (Lipinski definition) is 1. The topological polar surface area (TPSA) is 0 Å². The van der Waals surface area contributed by atoms with E-state index in [1.807, 2.05) is 11.8 Å². The minimum Gasteiger partial charge on any atom is -0.118 e. The van der Waals surface area contributed by atoms with E-state index in [2.05, 4.69) is 85.8 Å². The molecule has 1 heterocycles. The van der Waals surface area contributed by atoms with E-state index >= 15 is 0 Å². The number of fused-ring (bicyclic) bond motifs is 1. The summed E-state index contributed by atoms with van der Waals surface area (Å²) in [6, 6.07) is 28.9. The van der Waals surface area contributed by atoms with Gasteiger partial charge in [0.05, 0.1) is 0 Å². The molecule has 1 heteroatoms. The lowest BCUT2D eigenvalue weighted by atomic mass is 9.85. The van der Waals surface area contributed by atoms with Gasteiger partial charge >= 0.3 is 0 Å². The molecular formula is C22H20S. The highest BCUT2D eigenvalue weighted by Crippen LogP contribution is 2.51. The van der Waals surface area contributed by atoms with Crippen LogP contribution in [-0.2, 0) is 0 Å². The smallest absolute Gasteiger partial charge is 0.0353 e. The summed E-state index contributed by atoms with van der Waals surface area (Å²) in [4.78, 5) is 1.43. The Morgan fingerprint density at radius 1 is 0.739 bits per heavy atom. The summed E-state index contributed by atoms with van der Waals surface area (Å²) in [6.45, 7) is 2.15. The van der Waals surface area contributed by atoms with Crippen molar-refractivity contribution < 1.29 is 0 Å². The summed E-state index contributed by atoms with van der Waals surface area (Å²) in [5, 5.41) is 0.525. The van der Waals surface area contributed by atoms with Gasteiger partial charge in [-0.15, -0.1) is 11.8 Å². The largest absolute Gasteiger partial charge is 0.118 e. The van der Waals surface area contributed by atoms with Gasteiger partial charge in [0.2, 0.25) is 0 Å². The first-order valence-electron chi connectivity index (χ1n) is 8.18. The lowest BCUT2D eigenvalue weighted by molar-refractivity contribution is 0.676. The predicted octanol–water partition coefficient (Wildman–Crippen LogP) is 6.36. The third-order valence-corrected chi connectivity index (χ3v) is 6.04. The van der Waals surface area contributed by atoms with Crippen LogP contribution >= 0.6 is 11.8 Å². The lowest BCUT2D eigenvalue weighted by Gasteiger charge is -2.32. The summed E-state index contributed by atoms with van der Waals surface area (Å²) in [5.41, 5.74) is 5.67. The second kappa shape index (κ2) is 6.25. The van der Waals surface area contributed by atoms with Crippen LogP contribution in [-0.4, -0.2) is 0 Å². The molecule has 0 fully saturated rings. The fraction of sp³-hybridized carbons (Fsp3) is 0.182. The standard InChI is InChI=1S/C22H20S/c1-16-11-13-17(14-12-16)20-15-22(18-7-3-2-4-8-18)23-21-10-6-5-9-19(20)21/h2-14,20,22H,15H2,1H3/t20-,22-/m1/s1. The van der Waals surface area contributed by atoms with Gasteiger partial charge in [0, 0.05) is 16.1 Å². The van der Waals surface area contributed by atoms with E-state index in [0.717, 1.165) is 6.42 Å². The highest BCUT2D eigenvalue weighted by atomic mass is 32.2. The SMILES string of the molecule is Cc1ccc([C@H]2C[C@H](c3ccccc3)Sc3ccccc32)cc1. The van der Waals surface area contributed by atoms with Gasteiger partial charge in [-0.25, -0.2) is 0 Å². The molecule has 23 heavy (non-hydrogen) atoms. The molecule has 0 nitrogen and oxygen atoms in total. The zero-order valence-corrected chi connectivity index (χ0v) is 14.1. The number of aryl methyl sites for hydroxylation is 1. The van der Waals surface area contributed by atoms with E-state index in [1.54, 1.807) is 0 Å². The van der Waals surface area contributed by atoms with Crippen molar-refractivity contribution in [3.63, 3.8) is 0 Å². The fourth-order valence-electron chi connectivity index (χ4n) is 3.40. The molecule has 0 N–H and O–H groups in total. The number of hydrogen-bond donors (Lipinski definition) is 0. The molecule has 4 rings (SSSR count). The molecule has 1 aliphatic heterocycles. The van der Waals surface area contributed by atoms with Gasteiger partial charge in [-0.05, 0) is 36.1 Å². The highest BCUT2D eigenvalue weighted by molar-refractivity contribution is 7.99. The molecule has 0 spiro atoms. The second-order valence-corrected chi connectivity index (χ2v) is 7.50. The van der Waals surface area contributed by atoms with Crippen molar-refractivity contribution in [1.29, 1.82) is 0 Å². The normalized spacial score (nSPS) is 20.0. The van der Waals surface area contributed by atoms with Gasteiger partial charge in [-0.2, -0.15) is 0 Å². The van der Waals surface area contributed by atoms with E-state index in [9.17, 15) is 0 Å². The Morgan fingerprint density at radius 3 is 2.22 bits per heavy atom. The van der Waals surface area contributed by atoms with Crippen LogP contribution in [0, 0.1) is 6.92 Å². The lowest BCUT2D eigenvalue weighted by Crippen LogP contribution is -2.12. The Bertz CT molecular complexity index is 790. The molecule has 2 atom stereocenters. The van der Waals surface area contributed by atoms with Crippen LogP contribution in [0.25, 0.3) is 0 Å². The summed E-state index contributed by atoms with van der Waals surface area (Å²) < 4.78 is 0. The van der Waals surface area contributed by atoms with Crippen molar-refractivity contribution in [3.05, 3.63) is 101 Å². The first-order valence-corrected chi connectivity index (χ1v) is 9.06. The average molecular weight is 316 g/mol. The molecule has 0 amide bonds. The maximum absolute atomic E-state index is 2.30. The Labute approximate surface area is 142 Å². The van der Waals surface area contributed by atoms with E-state index < -0.39 is 0 Å². The van der Waals surface area contributed by atoms with Crippen LogP contribution in [0.2, 0.25) is 0 Å². The van der Waals surface area contributed by atoms with Gasteiger partial charge in [-0.1, -0.05) is 78.4 Å². The van der Waals surface area contributed by atoms with Gasteiger partial charge in [0.15, 0.2) is 0 Å². The molecule has 0 bridgehead atoms. The predicted molar refractivity (Wildman–Crippen MR) is 99.1 cm³/mol. The number of benzene rings is 3. The quantitative estimate of drug-likeness (QED) is 0.530. The van der Waals surface area contributed by atoms with E-state index in [4.69, 9.17) is 0 Å². The zero-order chi connectivity index (χ0) is 15.6. The average Bonchev–Trinajstić information content (AvgIpc) is 2.62. The van der Waals surface area contributed by atoms with Crippen molar-refractivity contribution >= 4 is 11.8 Å². The van der Waals surface area contributed by atoms with E-state index in [1.165, 1.54) is 27.1 Å². The van der Waals surface area contributed by atoms with Crippen LogP contribution in [0.1, 0.15) is 39.8 Å². The minimum atomic E-state index is 0.484. The van der Waals surface area contributed by atoms with Crippen molar-refractivity contribution in [3.8, 4) is 0 Å². The molecular weight excluding hydrogens is 296 g/mol. The van der Waals surface area contributed by atoms with Gasteiger partial charge < -0.3 is 0 Å².